The molecule has 0 aliphatic heterocycles. The van der Waals surface area contributed by atoms with E-state index in [0.717, 1.165) is 5.69 Å². The van der Waals surface area contributed by atoms with Gasteiger partial charge in [0.1, 0.15) is 11.6 Å². The Morgan fingerprint density at radius 1 is 1.15 bits per heavy atom. The molecule has 0 saturated carbocycles. The summed E-state index contributed by atoms with van der Waals surface area (Å²) >= 11 is 6.06. The average Bonchev–Trinajstić information content (AvgIpc) is 2.68. The van der Waals surface area contributed by atoms with Crippen molar-refractivity contribution >= 4 is 29.0 Å². The number of hydrogen-bond acceptors (Lipinski definition) is 5. The van der Waals surface area contributed by atoms with Gasteiger partial charge in [-0.1, -0.05) is 17.7 Å². The molecular weight excluding hydrogens is 352 g/mol. The van der Waals surface area contributed by atoms with Crippen LogP contribution in [0.2, 0.25) is 5.02 Å². The number of halogens is 1. The predicted octanol–water partition coefficient (Wildman–Crippen LogP) is 4.00. The van der Waals surface area contributed by atoms with Gasteiger partial charge in [-0.25, -0.2) is 4.98 Å². The first-order valence-electron chi connectivity index (χ1n) is 7.90. The van der Waals surface area contributed by atoms with E-state index in [1.807, 2.05) is 18.2 Å². The number of aromatic nitrogens is 2. The molecule has 0 bridgehead atoms. The van der Waals surface area contributed by atoms with Crippen molar-refractivity contribution in [2.24, 2.45) is 0 Å². The first-order valence-corrected chi connectivity index (χ1v) is 8.28. The summed E-state index contributed by atoms with van der Waals surface area (Å²) in [6.07, 6.45) is 3.25. The largest absolute Gasteiger partial charge is 0.495 e. The fourth-order valence-electron chi connectivity index (χ4n) is 2.26. The Labute approximate surface area is 156 Å². The molecule has 7 heteroatoms. The normalized spacial score (nSPS) is 10.2. The van der Waals surface area contributed by atoms with Gasteiger partial charge in [-0.05, 0) is 42.5 Å². The zero-order valence-electron chi connectivity index (χ0n) is 14.1. The van der Waals surface area contributed by atoms with E-state index in [1.54, 1.807) is 36.5 Å². The lowest BCUT2D eigenvalue weighted by Crippen LogP contribution is -2.12. The molecule has 1 aromatic carbocycles. The van der Waals surface area contributed by atoms with Crippen molar-refractivity contribution < 1.29 is 9.53 Å². The third-order valence-corrected chi connectivity index (χ3v) is 3.91. The molecule has 0 unspecified atom stereocenters. The number of pyridine rings is 2. The lowest BCUT2D eigenvalue weighted by atomic mass is 10.2. The van der Waals surface area contributed by atoms with Crippen molar-refractivity contribution in [1.82, 2.24) is 9.97 Å². The van der Waals surface area contributed by atoms with E-state index in [4.69, 9.17) is 16.3 Å². The third kappa shape index (κ3) is 4.49. The van der Waals surface area contributed by atoms with E-state index in [1.165, 1.54) is 13.3 Å². The molecule has 0 saturated heterocycles. The Bertz CT molecular complexity index is 886. The van der Waals surface area contributed by atoms with Gasteiger partial charge < -0.3 is 15.4 Å². The lowest BCUT2D eigenvalue weighted by Gasteiger charge is -2.09. The van der Waals surface area contributed by atoms with Crippen LogP contribution in [-0.4, -0.2) is 23.0 Å². The fourth-order valence-corrected chi connectivity index (χ4v) is 2.52. The van der Waals surface area contributed by atoms with Crippen LogP contribution in [0.15, 0.2) is 60.9 Å². The predicted molar refractivity (Wildman–Crippen MR) is 102 cm³/mol. The van der Waals surface area contributed by atoms with Gasteiger partial charge in [-0.15, -0.1) is 0 Å². The van der Waals surface area contributed by atoms with Gasteiger partial charge in [-0.3, -0.25) is 9.78 Å². The highest BCUT2D eigenvalue weighted by molar-refractivity contribution is 6.32. The van der Waals surface area contributed by atoms with Crippen LogP contribution in [0.25, 0.3) is 0 Å². The van der Waals surface area contributed by atoms with Gasteiger partial charge in [0.15, 0.2) is 0 Å². The van der Waals surface area contributed by atoms with Crippen molar-refractivity contribution in [2.75, 3.05) is 17.7 Å². The minimum Gasteiger partial charge on any atom is -0.495 e. The van der Waals surface area contributed by atoms with Gasteiger partial charge in [-0.2, -0.15) is 0 Å². The first-order chi connectivity index (χ1) is 12.7. The maximum atomic E-state index is 12.3. The Hall–Kier alpha value is -3.12. The summed E-state index contributed by atoms with van der Waals surface area (Å²) < 4.78 is 5.09. The van der Waals surface area contributed by atoms with E-state index in [2.05, 4.69) is 20.6 Å². The van der Waals surface area contributed by atoms with Crippen LogP contribution in [0.5, 0.6) is 5.75 Å². The molecule has 3 aromatic rings. The number of benzene rings is 1. The standard InChI is InChI=1S/C19H17ClN4O2/c1-26-17-7-6-14(10-16(17)20)24-19(25)13-5-8-18(22-11-13)23-12-15-4-2-3-9-21-15/h2-11H,12H2,1H3,(H,22,23)(H,24,25). The molecule has 0 aliphatic carbocycles. The summed E-state index contributed by atoms with van der Waals surface area (Å²) in [6.45, 7) is 0.559. The second-order valence-corrected chi connectivity index (χ2v) is 5.82. The number of nitrogens with one attached hydrogen (secondary N) is 2. The zero-order chi connectivity index (χ0) is 18.4. The number of carbonyl (C=O) groups excluding carboxylic acids is 1. The Morgan fingerprint density at radius 2 is 2.04 bits per heavy atom. The summed E-state index contributed by atoms with van der Waals surface area (Å²) in [6, 6.07) is 14.2. The molecule has 2 heterocycles. The van der Waals surface area contributed by atoms with Crippen molar-refractivity contribution in [1.29, 1.82) is 0 Å². The number of rotatable bonds is 6. The Balaban J connectivity index is 1.60. The van der Waals surface area contributed by atoms with E-state index < -0.39 is 0 Å². The van der Waals surface area contributed by atoms with Gasteiger partial charge >= 0.3 is 0 Å². The molecular formula is C19H17ClN4O2. The number of nitrogens with zero attached hydrogens (tertiary/aromatic N) is 2. The third-order valence-electron chi connectivity index (χ3n) is 3.61. The van der Waals surface area contributed by atoms with Crippen LogP contribution in [-0.2, 0) is 6.54 Å². The number of hydrogen-bond donors (Lipinski definition) is 2. The molecule has 132 valence electrons. The smallest absolute Gasteiger partial charge is 0.257 e. The van der Waals surface area contributed by atoms with Crippen molar-refractivity contribution in [3.63, 3.8) is 0 Å². The number of methoxy groups -OCH3 is 1. The molecule has 0 aliphatic rings. The maximum Gasteiger partial charge on any atom is 0.257 e. The molecule has 3 rings (SSSR count). The maximum absolute atomic E-state index is 12.3. The van der Waals surface area contributed by atoms with Crippen LogP contribution in [0.4, 0.5) is 11.5 Å². The van der Waals surface area contributed by atoms with Crippen LogP contribution >= 0.6 is 11.6 Å². The SMILES string of the molecule is COc1ccc(NC(=O)c2ccc(NCc3ccccn3)nc2)cc1Cl. The molecule has 0 spiro atoms. The molecule has 0 radical (unpaired) electrons. The zero-order valence-corrected chi connectivity index (χ0v) is 14.8. The van der Waals surface area contributed by atoms with Gasteiger partial charge in [0, 0.05) is 18.1 Å². The summed E-state index contributed by atoms with van der Waals surface area (Å²) in [7, 11) is 1.54. The quantitative estimate of drug-likeness (QED) is 0.687. The molecule has 2 N–H and O–H groups in total. The van der Waals surface area contributed by atoms with E-state index >= 15 is 0 Å². The highest BCUT2D eigenvalue weighted by Gasteiger charge is 2.09. The average molecular weight is 369 g/mol. The summed E-state index contributed by atoms with van der Waals surface area (Å²) in [5, 5.41) is 6.37. The van der Waals surface area contributed by atoms with E-state index in [0.29, 0.717) is 34.4 Å². The van der Waals surface area contributed by atoms with E-state index in [-0.39, 0.29) is 5.91 Å². The van der Waals surface area contributed by atoms with Crippen LogP contribution < -0.4 is 15.4 Å². The van der Waals surface area contributed by atoms with Crippen LogP contribution in [0.3, 0.4) is 0 Å². The number of ether oxygens (including phenoxy) is 1. The summed E-state index contributed by atoms with van der Waals surface area (Å²) in [5.74, 6) is 0.948. The molecule has 1 amide bonds. The van der Waals surface area contributed by atoms with Gasteiger partial charge in [0.25, 0.3) is 5.91 Å². The molecule has 0 fully saturated rings. The van der Waals surface area contributed by atoms with Gasteiger partial charge in [0.2, 0.25) is 0 Å². The number of carbonyl (C=O) groups is 1. The second-order valence-electron chi connectivity index (χ2n) is 5.41. The number of amides is 1. The number of anilines is 2. The Morgan fingerprint density at radius 3 is 2.69 bits per heavy atom. The molecule has 2 aromatic heterocycles. The lowest BCUT2D eigenvalue weighted by molar-refractivity contribution is 0.102. The summed E-state index contributed by atoms with van der Waals surface area (Å²) in [4.78, 5) is 20.8. The van der Waals surface area contributed by atoms with Crippen molar-refractivity contribution in [3.05, 3.63) is 77.2 Å². The monoisotopic (exact) mass is 368 g/mol. The van der Waals surface area contributed by atoms with Crippen molar-refractivity contribution in [3.8, 4) is 5.75 Å². The van der Waals surface area contributed by atoms with Crippen molar-refractivity contribution in [2.45, 2.75) is 6.54 Å². The minimum absolute atomic E-state index is 0.269. The highest BCUT2D eigenvalue weighted by Crippen LogP contribution is 2.27. The second kappa shape index (κ2) is 8.31. The van der Waals surface area contributed by atoms with Gasteiger partial charge in [0.05, 0.1) is 29.9 Å². The van der Waals surface area contributed by atoms with Crippen LogP contribution in [0.1, 0.15) is 16.1 Å². The molecule has 0 atom stereocenters. The molecule has 6 nitrogen and oxygen atoms in total. The van der Waals surface area contributed by atoms with Crippen LogP contribution in [0, 0.1) is 0 Å². The fraction of sp³-hybridized carbons (Fsp3) is 0.105. The summed E-state index contributed by atoms with van der Waals surface area (Å²) in [5.41, 5.74) is 1.94. The topological polar surface area (TPSA) is 76.1 Å². The highest BCUT2D eigenvalue weighted by atomic mass is 35.5. The van der Waals surface area contributed by atoms with E-state index in [9.17, 15) is 4.79 Å². The Kier molecular flexibility index (Phi) is 5.66. The minimum atomic E-state index is -0.269. The first kappa shape index (κ1) is 17.7. The molecule has 26 heavy (non-hydrogen) atoms.